The molecule has 1 aliphatic heterocycles. The van der Waals surface area contributed by atoms with E-state index in [4.69, 9.17) is 0 Å². The molecule has 2 unspecified atom stereocenters. The zero-order chi connectivity index (χ0) is 15.1. The Morgan fingerprint density at radius 1 is 1.18 bits per heavy atom. The van der Waals surface area contributed by atoms with Crippen molar-refractivity contribution in [2.75, 3.05) is 18.4 Å². The molecule has 6 heteroatoms. The van der Waals surface area contributed by atoms with Gasteiger partial charge >= 0.3 is 0 Å². The summed E-state index contributed by atoms with van der Waals surface area (Å²) in [6.07, 6.45) is 4.33. The summed E-state index contributed by atoms with van der Waals surface area (Å²) in [5.74, 6) is 2.55. The van der Waals surface area contributed by atoms with Gasteiger partial charge in [-0.25, -0.2) is 0 Å². The number of nitrogens with one attached hydrogen (secondary N) is 2. The van der Waals surface area contributed by atoms with Crippen LogP contribution in [0.25, 0.3) is 11.4 Å². The van der Waals surface area contributed by atoms with Crippen molar-refractivity contribution in [2.24, 2.45) is 18.9 Å². The van der Waals surface area contributed by atoms with E-state index in [9.17, 15) is 0 Å². The summed E-state index contributed by atoms with van der Waals surface area (Å²) in [7, 11) is 1.93. The number of nitrogens with zero attached hydrogens (tertiary/aromatic N) is 4. The van der Waals surface area contributed by atoms with Crippen LogP contribution in [-0.4, -0.2) is 39.1 Å². The van der Waals surface area contributed by atoms with Gasteiger partial charge in [0.25, 0.3) is 0 Å². The number of aryl methyl sites for hydroxylation is 2. The molecule has 0 spiro atoms. The summed E-state index contributed by atoms with van der Waals surface area (Å²) in [6.45, 7) is 4.39. The van der Waals surface area contributed by atoms with Gasteiger partial charge in [0, 0.05) is 13.1 Å². The maximum absolute atomic E-state index is 4.37. The molecular weight excluding hydrogens is 276 g/mol. The largest absolute Gasteiger partial charge is 0.366 e. The van der Waals surface area contributed by atoms with E-state index in [0.717, 1.165) is 34.6 Å². The summed E-state index contributed by atoms with van der Waals surface area (Å²) in [4.78, 5) is 0. The molecule has 1 aliphatic carbocycles. The second kappa shape index (κ2) is 5.35. The lowest BCUT2D eigenvalue weighted by atomic mass is 10.0. The molecule has 2 aromatic rings. The molecule has 6 nitrogen and oxygen atoms in total. The molecule has 1 saturated heterocycles. The smallest absolute Gasteiger partial charge is 0.148 e. The van der Waals surface area contributed by atoms with E-state index in [0.29, 0.717) is 6.04 Å². The molecule has 4 rings (SSSR count). The number of aromatic nitrogens is 4. The van der Waals surface area contributed by atoms with Crippen molar-refractivity contribution >= 4 is 5.82 Å². The first-order valence-corrected chi connectivity index (χ1v) is 8.00. The van der Waals surface area contributed by atoms with Crippen LogP contribution in [0.1, 0.15) is 18.4 Å². The fraction of sp³-hybridized carbons (Fsp3) is 0.562. The van der Waals surface area contributed by atoms with E-state index in [1.165, 1.54) is 25.9 Å². The summed E-state index contributed by atoms with van der Waals surface area (Å²) in [5.41, 5.74) is 3.02. The zero-order valence-electron chi connectivity index (χ0n) is 13.1. The Labute approximate surface area is 130 Å². The molecule has 2 aromatic heterocycles. The van der Waals surface area contributed by atoms with Crippen LogP contribution in [0.3, 0.4) is 0 Å². The predicted octanol–water partition coefficient (Wildman–Crippen LogP) is 1.60. The van der Waals surface area contributed by atoms with Gasteiger partial charge in [0.2, 0.25) is 0 Å². The van der Waals surface area contributed by atoms with E-state index >= 15 is 0 Å². The molecule has 1 saturated carbocycles. The summed E-state index contributed by atoms with van der Waals surface area (Å²) < 4.78 is 1.84. The highest BCUT2D eigenvalue weighted by molar-refractivity contribution is 5.59. The second-order valence-corrected chi connectivity index (χ2v) is 6.59. The van der Waals surface area contributed by atoms with Crippen LogP contribution in [0.4, 0.5) is 5.82 Å². The molecule has 2 aliphatic rings. The number of hydrogen-bond donors (Lipinski definition) is 2. The highest BCUT2D eigenvalue weighted by atomic mass is 15.3. The van der Waals surface area contributed by atoms with Crippen molar-refractivity contribution in [3.63, 3.8) is 0 Å². The first-order valence-electron chi connectivity index (χ1n) is 8.00. The highest BCUT2D eigenvalue weighted by Gasteiger charge is 2.37. The van der Waals surface area contributed by atoms with Gasteiger partial charge in [-0.1, -0.05) is 0 Å². The Morgan fingerprint density at radius 2 is 1.95 bits per heavy atom. The normalized spacial score (nSPS) is 27.1. The quantitative estimate of drug-likeness (QED) is 0.901. The van der Waals surface area contributed by atoms with E-state index in [1.54, 1.807) is 0 Å². The van der Waals surface area contributed by atoms with Crippen LogP contribution in [0.2, 0.25) is 0 Å². The van der Waals surface area contributed by atoms with Crippen molar-refractivity contribution in [3.05, 3.63) is 23.9 Å². The lowest BCUT2D eigenvalue weighted by Gasteiger charge is -2.14. The first kappa shape index (κ1) is 13.7. The van der Waals surface area contributed by atoms with Crippen LogP contribution >= 0.6 is 0 Å². The second-order valence-electron chi connectivity index (χ2n) is 6.59. The van der Waals surface area contributed by atoms with E-state index < -0.39 is 0 Å². The Morgan fingerprint density at radius 3 is 2.55 bits per heavy atom. The minimum Gasteiger partial charge on any atom is -0.366 e. The highest BCUT2D eigenvalue weighted by Crippen LogP contribution is 2.35. The van der Waals surface area contributed by atoms with E-state index in [2.05, 4.69) is 25.9 Å². The van der Waals surface area contributed by atoms with Gasteiger partial charge in [0.1, 0.15) is 11.5 Å². The van der Waals surface area contributed by atoms with Crippen LogP contribution in [-0.2, 0) is 7.05 Å². The molecular formula is C16H22N6. The fourth-order valence-corrected chi connectivity index (χ4v) is 3.94. The molecule has 0 radical (unpaired) electrons. The third-order valence-electron chi connectivity index (χ3n) is 5.04. The van der Waals surface area contributed by atoms with Crippen molar-refractivity contribution in [3.8, 4) is 11.4 Å². The lowest BCUT2D eigenvalue weighted by Crippen LogP contribution is -2.21. The summed E-state index contributed by atoms with van der Waals surface area (Å²) >= 11 is 0. The topological polar surface area (TPSA) is 67.7 Å². The van der Waals surface area contributed by atoms with Gasteiger partial charge in [-0.3, -0.25) is 4.68 Å². The molecule has 3 heterocycles. The average molecular weight is 298 g/mol. The van der Waals surface area contributed by atoms with Crippen LogP contribution in [0, 0.1) is 18.8 Å². The zero-order valence-corrected chi connectivity index (χ0v) is 13.1. The van der Waals surface area contributed by atoms with Gasteiger partial charge < -0.3 is 10.6 Å². The predicted molar refractivity (Wildman–Crippen MR) is 85.5 cm³/mol. The third-order valence-corrected chi connectivity index (χ3v) is 5.04. The van der Waals surface area contributed by atoms with Gasteiger partial charge in [-0.15, -0.1) is 10.2 Å². The van der Waals surface area contributed by atoms with E-state index in [1.807, 2.05) is 37.0 Å². The maximum Gasteiger partial charge on any atom is 0.148 e. The number of rotatable bonds is 3. The molecule has 2 N–H and O–H groups in total. The molecule has 0 aromatic carbocycles. The van der Waals surface area contributed by atoms with Gasteiger partial charge in [-0.2, -0.15) is 5.10 Å². The molecule has 2 fully saturated rings. The Bertz CT molecular complexity index is 630. The molecule has 0 amide bonds. The molecule has 0 bridgehead atoms. The van der Waals surface area contributed by atoms with Crippen LogP contribution in [0.5, 0.6) is 0 Å². The lowest BCUT2D eigenvalue weighted by molar-refractivity contribution is 0.494. The van der Waals surface area contributed by atoms with Crippen LogP contribution < -0.4 is 10.6 Å². The minimum atomic E-state index is 0.538. The minimum absolute atomic E-state index is 0.538. The summed E-state index contributed by atoms with van der Waals surface area (Å²) in [6, 6.07) is 4.59. The SMILES string of the molecule is Cc1cnn(C)c1-c1ccc(NC2CC3CNC[C@H]3C2)nn1. The Hall–Kier alpha value is -1.95. The monoisotopic (exact) mass is 298 g/mol. The van der Waals surface area contributed by atoms with Crippen molar-refractivity contribution in [2.45, 2.75) is 25.8 Å². The number of fused-ring (bicyclic) bond motifs is 1. The van der Waals surface area contributed by atoms with Gasteiger partial charge in [-0.05, 0) is 62.4 Å². The Balaban J connectivity index is 1.46. The average Bonchev–Trinajstić information content (AvgIpc) is 3.16. The van der Waals surface area contributed by atoms with Crippen molar-refractivity contribution in [1.82, 2.24) is 25.3 Å². The maximum atomic E-state index is 4.37. The standard InChI is InChI=1S/C16H22N6/c1-10-7-18-22(2)16(10)14-3-4-15(21-20-14)19-13-5-11-8-17-9-12(11)6-13/h3-4,7,11-13,17H,5-6,8-9H2,1-2H3,(H,19,21)/t11-,12?,13?/m1/s1. The fourth-order valence-electron chi connectivity index (χ4n) is 3.94. The van der Waals surface area contributed by atoms with Crippen LogP contribution in [0.15, 0.2) is 18.3 Å². The molecule has 22 heavy (non-hydrogen) atoms. The Kier molecular flexibility index (Phi) is 3.33. The first-order chi connectivity index (χ1) is 10.7. The van der Waals surface area contributed by atoms with Crippen molar-refractivity contribution in [1.29, 1.82) is 0 Å². The molecule has 3 atom stereocenters. The third kappa shape index (κ3) is 2.37. The van der Waals surface area contributed by atoms with E-state index in [-0.39, 0.29) is 0 Å². The molecule has 116 valence electrons. The van der Waals surface area contributed by atoms with Gasteiger partial charge in [0.05, 0.1) is 11.9 Å². The van der Waals surface area contributed by atoms with Crippen molar-refractivity contribution < 1.29 is 0 Å². The number of hydrogen-bond acceptors (Lipinski definition) is 5. The van der Waals surface area contributed by atoms with Gasteiger partial charge in [0.15, 0.2) is 0 Å². The summed E-state index contributed by atoms with van der Waals surface area (Å²) in [5, 5.41) is 20.0. The number of anilines is 1.